The van der Waals surface area contributed by atoms with Crippen LogP contribution in [0.2, 0.25) is 0 Å². The number of unbranched alkanes of at least 4 members (excludes halogenated alkanes) is 1. The molecule has 0 spiro atoms. The Labute approximate surface area is 109 Å². The highest BCUT2D eigenvalue weighted by Gasteiger charge is 2.58. The van der Waals surface area contributed by atoms with Gasteiger partial charge in [-0.1, -0.05) is 13.3 Å². The third kappa shape index (κ3) is 4.70. The van der Waals surface area contributed by atoms with Crippen molar-refractivity contribution < 1.29 is 27.9 Å². The van der Waals surface area contributed by atoms with Gasteiger partial charge in [0.05, 0.1) is 6.04 Å². The minimum absolute atomic E-state index is 0.344. The van der Waals surface area contributed by atoms with Crippen LogP contribution in [-0.4, -0.2) is 41.3 Å². The van der Waals surface area contributed by atoms with Crippen molar-refractivity contribution in [1.29, 1.82) is 0 Å². The second kappa shape index (κ2) is 6.74. The molecule has 112 valence electrons. The third-order valence-electron chi connectivity index (χ3n) is 2.72. The highest BCUT2D eigenvalue weighted by Crippen LogP contribution is 2.30. The number of hydrogen-bond donors (Lipinski definition) is 3. The Morgan fingerprint density at radius 1 is 1.32 bits per heavy atom. The molecular weight excluding hydrogens is 265 g/mol. The van der Waals surface area contributed by atoms with Crippen molar-refractivity contribution in [3.8, 4) is 0 Å². The smallest absolute Gasteiger partial charge is 0.417 e. The molecule has 3 N–H and O–H groups in total. The number of rotatable bonds is 7. The number of alkyl halides is 3. The van der Waals surface area contributed by atoms with E-state index in [0.29, 0.717) is 19.9 Å². The van der Waals surface area contributed by atoms with Crippen molar-refractivity contribution in [3.63, 3.8) is 0 Å². The summed E-state index contributed by atoms with van der Waals surface area (Å²) in [6.07, 6.45) is -3.47. The Morgan fingerprint density at radius 2 is 1.84 bits per heavy atom. The Morgan fingerprint density at radius 3 is 2.21 bits per heavy atom. The van der Waals surface area contributed by atoms with Gasteiger partial charge in [0.25, 0.3) is 0 Å². The fourth-order valence-corrected chi connectivity index (χ4v) is 1.30. The van der Waals surface area contributed by atoms with Crippen LogP contribution in [0.3, 0.4) is 0 Å². The van der Waals surface area contributed by atoms with Gasteiger partial charge in [-0.05, 0) is 20.3 Å². The average molecular weight is 284 g/mol. The molecule has 0 aliphatic heterocycles. The standard InChI is InChI=1S/C11H19F3N2O3/c1-4-5-6-15-8(17)7(2)16-10(3,9(18)19)11(12,13)14/h7,16H,4-6H2,1-3H3,(H,15,17)(H,18,19). The maximum Gasteiger partial charge on any atom is 0.417 e. The van der Waals surface area contributed by atoms with E-state index in [-0.39, 0.29) is 0 Å². The number of nitrogens with one attached hydrogen (secondary N) is 2. The van der Waals surface area contributed by atoms with Gasteiger partial charge in [-0.2, -0.15) is 13.2 Å². The number of carbonyl (C=O) groups is 2. The molecule has 0 saturated heterocycles. The lowest BCUT2D eigenvalue weighted by atomic mass is 10.0. The van der Waals surface area contributed by atoms with E-state index in [1.54, 1.807) is 0 Å². The molecule has 2 unspecified atom stereocenters. The first kappa shape index (κ1) is 17.7. The zero-order chi connectivity index (χ0) is 15.3. The summed E-state index contributed by atoms with van der Waals surface area (Å²) < 4.78 is 38.1. The normalized spacial score (nSPS) is 16.5. The molecule has 1 amide bonds. The maximum atomic E-state index is 12.7. The molecule has 5 nitrogen and oxygen atoms in total. The number of hydrogen-bond acceptors (Lipinski definition) is 3. The van der Waals surface area contributed by atoms with E-state index in [0.717, 1.165) is 6.42 Å². The van der Waals surface area contributed by atoms with Crippen molar-refractivity contribution in [3.05, 3.63) is 0 Å². The van der Waals surface area contributed by atoms with Crippen molar-refractivity contribution in [2.45, 2.75) is 51.4 Å². The van der Waals surface area contributed by atoms with E-state index in [1.165, 1.54) is 6.92 Å². The zero-order valence-corrected chi connectivity index (χ0v) is 11.1. The van der Waals surface area contributed by atoms with E-state index in [1.807, 2.05) is 12.2 Å². The van der Waals surface area contributed by atoms with E-state index < -0.39 is 29.6 Å². The van der Waals surface area contributed by atoms with Crippen molar-refractivity contribution in [2.75, 3.05) is 6.54 Å². The topological polar surface area (TPSA) is 78.4 Å². The lowest BCUT2D eigenvalue weighted by Gasteiger charge is -2.31. The number of halogens is 3. The highest BCUT2D eigenvalue weighted by molar-refractivity contribution is 5.84. The molecule has 2 atom stereocenters. The first-order chi connectivity index (χ1) is 8.56. The van der Waals surface area contributed by atoms with Crippen molar-refractivity contribution in [1.82, 2.24) is 10.6 Å². The Balaban J connectivity index is 4.70. The molecule has 0 aliphatic rings. The van der Waals surface area contributed by atoms with Crippen LogP contribution >= 0.6 is 0 Å². The predicted octanol–water partition coefficient (Wildman–Crippen LogP) is 1.29. The molecule has 0 saturated carbocycles. The van der Waals surface area contributed by atoms with Gasteiger partial charge in [0.15, 0.2) is 0 Å². The van der Waals surface area contributed by atoms with Gasteiger partial charge in [-0.15, -0.1) is 0 Å². The van der Waals surface area contributed by atoms with Crippen LogP contribution in [0, 0.1) is 0 Å². The second-order valence-corrected chi connectivity index (χ2v) is 4.44. The van der Waals surface area contributed by atoms with Crippen LogP contribution in [-0.2, 0) is 9.59 Å². The molecule has 0 aliphatic carbocycles. The van der Waals surface area contributed by atoms with E-state index in [9.17, 15) is 22.8 Å². The number of aliphatic carboxylic acids is 1. The van der Waals surface area contributed by atoms with E-state index >= 15 is 0 Å². The highest BCUT2D eigenvalue weighted by atomic mass is 19.4. The molecule has 0 aromatic heterocycles. The largest absolute Gasteiger partial charge is 0.480 e. The van der Waals surface area contributed by atoms with Gasteiger partial charge >= 0.3 is 12.1 Å². The summed E-state index contributed by atoms with van der Waals surface area (Å²) in [6, 6.07) is -1.26. The summed E-state index contributed by atoms with van der Waals surface area (Å²) in [4.78, 5) is 22.3. The van der Waals surface area contributed by atoms with Crippen LogP contribution in [0.25, 0.3) is 0 Å². The first-order valence-electron chi connectivity index (χ1n) is 5.91. The monoisotopic (exact) mass is 284 g/mol. The van der Waals surface area contributed by atoms with Gasteiger partial charge in [-0.25, -0.2) is 4.79 Å². The Bertz CT molecular complexity index is 334. The number of amides is 1. The predicted molar refractivity (Wildman–Crippen MR) is 62.6 cm³/mol. The fraction of sp³-hybridized carbons (Fsp3) is 0.818. The number of carboxylic acids is 1. The van der Waals surface area contributed by atoms with Crippen LogP contribution in [0.1, 0.15) is 33.6 Å². The van der Waals surface area contributed by atoms with Crippen LogP contribution < -0.4 is 10.6 Å². The summed E-state index contributed by atoms with van der Waals surface area (Å²) in [5.74, 6) is -2.74. The lowest BCUT2D eigenvalue weighted by molar-refractivity contribution is -0.207. The number of carbonyl (C=O) groups excluding carboxylic acids is 1. The molecule has 8 heteroatoms. The molecule has 0 bridgehead atoms. The quantitative estimate of drug-likeness (QED) is 0.615. The van der Waals surface area contributed by atoms with Gasteiger partial charge in [0.1, 0.15) is 0 Å². The zero-order valence-electron chi connectivity index (χ0n) is 11.1. The molecule has 0 aromatic carbocycles. The van der Waals surface area contributed by atoms with E-state index in [4.69, 9.17) is 5.11 Å². The molecule has 19 heavy (non-hydrogen) atoms. The molecular formula is C11H19F3N2O3. The second-order valence-electron chi connectivity index (χ2n) is 4.44. The lowest BCUT2D eigenvalue weighted by Crippen LogP contribution is -2.64. The third-order valence-corrected chi connectivity index (χ3v) is 2.72. The van der Waals surface area contributed by atoms with Crippen molar-refractivity contribution in [2.24, 2.45) is 0 Å². The van der Waals surface area contributed by atoms with Crippen LogP contribution in [0.5, 0.6) is 0 Å². The van der Waals surface area contributed by atoms with Gasteiger partial charge in [-0.3, -0.25) is 10.1 Å². The average Bonchev–Trinajstić information content (AvgIpc) is 2.27. The summed E-state index contributed by atoms with van der Waals surface area (Å²) in [6.45, 7) is 3.93. The maximum absolute atomic E-state index is 12.7. The molecule has 0 heterocycles. The minimum atomic E-state index is -5.00. The van der Waals surface area contributed by atoms with Gasteiger partial charge in [0, 0.05) is 6.54 Å². The Hall–Kier alpha value is -1.31. The summed E-state index contributed by atoms with van der Waals surface area (Å²) in [5, 5.41) is 13.0. The number of carboxylic acid groups (broad SMARTS) is 1. The fourth-order valence-electron chi connectivity index (χ4n) is 1.30. The summed E-state index contributed by atoms with van der Waals surface area (Å²) in [7, 11) is 0. The molecule has 0 fully saturated rings. The summed E-state index contributed by atoms with van der Waals surface area (Å²) >= 11 is 0. The van der Waals surface area contributed by atoms with Gasteiger partial charge in [0.2, 0.25) is 11.4 Å². The van der Waals surface area contributed by atoms with Crippen molar-refractivity contribution >= 4 is 11.9 Å². The molecule has 0 radical (unpaired) electrons. The van der Waals surface area contributed by atoms with Crippen LogP contribution in [0.4, 0.5) is 13.2 Å². The molecule has 0 rings (SSSR count). The van der Waals surface area contributed by atoms with E-state index in [2.05, 4.69) is 5.32 Å². The first-order valence-corrected chi connectivity index (χ1v) is 5.91. The SMILES string of the molecule is CCCCNC(=O)C(C)NC(C)(C(=O)O)C(F)(F)F. The van der Waals surface area contributed by atoms with Crippen LogP contribution in [0.15, 0.2) is 0 Å². The summed E-state index contributed by atoms with van der Waals surface area (Å²) in [5.41, 5.74) is -3.16. The Kier molecular flexibility index (Phi) is 6.28. The molecule has 0 aromatic rings. The minimum Gasteiger partial charge on any atom is -0.480 e. The van der Waals surface area contributed by atoms with Gasteiger partial charge < -0.3 is 10.4 Å².